The van der Waals surface area contributed by atoms with Gasteiger partial charge in [-0.25, -0.2) is 0 Å². The second kappa shape index (κ2) is 23.6. The van der Waals surface area contributed by atoms with E-state index in [2.05, 4.69) is 0 Å². The van der Waals surface area contributed by atoms with Crippen LogP contribution in [0.4, 0.5) is 0 Å². The van der Waals surface area contributed by atoms with Gasteiger partial charge in [0.2, 0.25) is 0 Å². The summed E-state index contributed by atoms with van der Waals surface area (Å²) in [6.07, 6.45) is 2.56. The van der Waals surface area contributed by atoms with Crippen LogP contribution in [0.5, 0.6) is 0 Å². The first-order chi connectivity index (χ1) is 7.49. The second-order valence-corrected chi connectivity index (χ2v) is 4.47. The molecule has 0 aromatic rings. The molecule has 0 amide bonds. The van der Waals surface area contributed by atoms with E-state index in [-0.39, 0.29) is 102 Å². The van der Waals surface area contributed by atoms with Gasteiger partial charge in [0.05, 0.1) is 0 Å². The molecule has 0 saturated carbocycles. The van der Waals surface area contributed by atoms with E-state index in [1.54, 1.807) is 0 Å². The van der Waals surface area contributed by atoms with Crippen molar-refractivity contribution in [2.24, 2.45) is 34.4 Å². The molecule has 146 valence electrons. The Morgan fingerprint density at radius 2 is 0.545 bits per heavy atom. The highest BCUT2D eigenvalue weighted by Gasteiger charge is 2.43. The molecule has 0 heterocycles. The lowest BCUT2D eigenvalue weighted by atomic mass is 9.69. The minimum atomic E-state index is -0.574. The van der Waals surface area contributed by atoms with Crippen LogP contribution in [0.3, 0.4) is 0 Å². The molecule has 0 rings (SSSR count). The molecule has 6 nitrogen and oxygen atoms in total. The Morgan fingerprint density at radius 1 is 0.409 bits per heavy atom. The van der Waals surface area contributed by atoms with Gasteiger partial charge in [-0.1, -0.05) is 0 Å². The topological polar surface area (TPSA) is 156 Å². The van der Waals surface area contributed by atoms with Gasteiger partial charge in [0.25, 0.3) is 0 Å². The smallest absolute Gasteiger partial charge is 0.0362 e. The van der Waals surface area contributed by atoms with E-state index in [0.29, 0.717) is 51.9 Å². The van der Waals surface area contributed by atoms with Gasteiger partial charge < -0.3 is 34.4 Å². The fourth-order valence-electron chi connectivity index (χ4n) is 2.28. The first kappa shape index (κ1) is 44.3. The average Bonchev–Trinajstić information content (AvgIpc) is 2.19. The Balaban J connectivity index is -0.0000000750. The number of halogens is 6. The molecule has 0 aliphatic rings. The minimum absolute atomic E-state index is 0. The summed E-state index contributed by atoms with van der Waals surface area (Å²) in [6.45, 7) is 1.96. The van der Waals surface area contributed by atoms with Crippen molar-refractivity contribution in [3.63, 3.8) is 0 Å². The summed E-state index contributed by atoms with van der Waals surface area (Å²) in [5.41, 5.74) is 34.0. The van der Waals surface area contributed by atoms with E-state index < -0.39 is 11.1 Å². The zero-order chi connectivity index (χ0) is 12.7. The van der Waals surface area contributed by atoms with E-state index in [4.69, 9.17) is 34.4 Å². The standard InChI is InChI=1S/C10H28N6.6BrH/c11-5-1-9(15,2-6-12)10(16,3-7-13)4-8-14;;;;;;/h1-8,11-16H2;6*1H. The maximum atomic E-state index is 6.37. The zero-order valence-electron chi connectivity index (χ0n) is 12.6. The van der Waals surface area contributed by atoms with Crippen molar-refractivity contribution in [2.75, 3.05) is 26.2 Å². The quantitative estimate of drug-likeness (QED) is 0.211. The van der Waals surface area contributed by atoms with Gasteiger partial charge in [-0.2, -0.15) is 0 Å². The normalized spacial score (nSPS) is 9.55. The van der Waals surface area contributed by atoms with Crippen LogP contribution in [-0.4, -0.2) is 37.3 Å². The predicted octanol–water partition coefficient (Wildman–Crippen LogP) is 1.24. The van der Waals surface area contributed by atoms with Gasteiger partial charge in [-0.15, -0.1) is 102 Å². The first-order valence-corrected chi connectivity index (χ1v) is 5.87. The first-order valence-electron chi connectivity index (χ1n) is 5.87. The van der Waals surface area contributed by atoms with Crippen LogP contribution in [-0.2, 0) is 0 Å². The molecule has 22 heavy (non-hydrogen) atoms. The third-order valence-corrected chi connectivity index (χ3v) is 3.35. The summed E-state index contributed by atoms with van der Waals surface area (Å²) in [5.74, 6) is 0. The third-order valence-electron chi connectivity index (χ3n) is 3.35. The summed E-state index contributed by atoms with van der Waals surface area (Å²) in [5, 5.41) is 0. The predicted molar refractivity (Wildman–Crippen MR) is 130 cm³/mol. The van der Waals surface area contributed by atoms with Crippen LogP contribution in [0.1, 0.15) is 25.7 Å². The van der Waals surface area contributed by atoms with Crippen LogP contribution in [0.25, 0.3) is 0 Å². The molecule has 0 aromatic carbocycles. The van der Waals surface area contributed by atoms with Crippen molar-refractivity contribution < 1.29 is 0 Å². The maximum absolute atomic E-state index is 6.37. The molecule has 0 radical (unpaired) electrons. The summed E-state index contributed by atoms with van der Waals surface area (Å²) in [7, 11) is 0. The van der Waals surface area contributed by atoms with Gasteiger partial charge in [-0.3, -0.25) is 0 Å². The van der Waals surface area contributed by atoms with Crippen LogP contribution in [0, 0.1) is 0 Å². The Bertz CT molecular complexity index is 171. The largest absolute Gasteiger partial charge is 0.330 e. The van der Waals surface area contributed by atoms with Crippen LogP contribution < -0.4 is 34.4 Å². The Morgan fingerprint density at radius 3 is 0.636 bits per heavy atom. The lowest BCUT2D eigenvalue weighted by Crippen LogP contribution is -2.68. The number of nitrogens with two attached hydrogens (primary N) is 6. The van der Waals surface area contributed by atoms with E-state index in [1.807, 2.05) is 0 Å². The van der Waals surface area contributed by atoms with Gasteiger partial charge in [-0.05, 0) is 51.9 Å². The highest BCUT2D eigenvalue weighted by molar-refractivity contribution is 8.93. The van der Waals surface area contributed by atoms with Crippen LogP contribution >= 0.6 is 102 Å². The molecule has 0 aliphatic carbocycles. The average molecular weight is 718 g/mol. The fraction of sp³-hybridized carbons (Fsp3) is 1.00. The molecule has 12 heteroatoms. The van der Waals surface area contributed by atoms with Crippen molar-refractivity contribution in [1.29, 1.82) is 0 Å². The Labute approximate surface area is 197 Å². The SMILES string of the molecule is Br.Br.Br.Br.Br.Br.NCCC(N)(CCN)C(N)(CCN)CCN. The number of rotatable bonds is 9. The monoisotopic (exact) mass is 712 g/mol. The molecule has 12 N–H and O–H groups in total. The van der Waals surface area contributed by atoms with Crippen molar-refractivity contribution in [3.8, 4) is 0 Å². The molecule has 0 fully saturated rings. The zero-order valence-corrected chi connectivity index (χ0v) is 22.8. The molecule has 0 saturated heterocycles. The number of hydrogen-bond donors (Lipinski definition) is 6. The highest BCUT2D eigenvalue weighted by Crippen LogP contribution is 2.29. The van der Waals surface area contributed by atoms with E-state index >= 15 is 0 Å². The van der Waals surface area contributed by atoms with Gasteiger partial charge in [0, 0.05) is 11.1 Å². The van der Waals surface area contributed by atoms with E-state index in [0.717, 1.165) is 0 Å². The van der Waals surface area contributed by atoms with Crippen LogP contribution in [0.2, 0.25) is 0 Å². The third kappa shape index (κ3) is 13.9. The highest BCUT2D eigenvalue weighted by atomic mass is 79.9. The molecule has 0 aromatic heterocycles. The van der Waals surface area contributed by atoms with Gasteiger partial charge in [0.15, 0.2) is 0 Å². The van der Waals surface area contributed by atoms with Gasteiger partial charge >= 0.3 is 0 Å². The lowest BCUT2D eigenvalue weighted by Gasteiger charge is -2.46. The summed E-state index contributed by atoms with van der Waals surface area (Å²) in [4.78, 5) is 0. The summed E-state index contributed by atoms with van der Waals surface area (Å²) < 4.78 is 0. The molecular weight excluding hydrogens is 684 g/mol. The Hall–Kier alpha value is 2.64. The minimum Gasteiger partial charge on any atom is -0.330 e. The van der Waals surface area contributed by atoms with Crippen molar-refractivity contribution >= 4 is 102 Å². The fourth-order valence-corrected chi connectivity index (χ4v) is 2.28. The molecule has 0 bridgehead atoms. The van der Waals surface area contributed by atoms with Crippen molar-refractivity contribution in [2.45, 2.75) is 36.8 Å². The molecule has 0 atom stereocenters. The van der Waals surface area contributed by atoms with E-state index in [9.17, 15) is 0 Å². The summed E-state index contributed by atoms with van der Waals surface area (Å²) >= 11 is 0. The van der Waals surface area contributed by atoms with Crippen molar-refractivity contribution in [1.82, 2.24) is 0 Å². The molecule has 0 spiro atoms. The molecular formula is C10H34Br6N6. The second-order valence-electron chi connectivity index (χ2n) is 4.47. The molecule has 0 aliphatic heterocycles. The lowest BCUT2D eigenvalue weighted by molar-refractivity contribution is 0.175. The Kier molecular flexibility index (Phi) is 47.6. The summed E-state index contributed by atoms with van der Waals surface area (Å²) in [6, 6.07) is 0. The maximum Gasteiger partial charge on any atom is 0.0362 e. The molecule has 0 unspecified atom stereocenters. The van der Waals surface area contributed by atoms with Crippen LogP contribution in [0.15, 0.2) is 0 Å². The number of hydrogen-bond acceptors (Lipinski definition) is 6. The van der Waals surface area contributed by atoms with Gasteiger partial charge in [0.1, 0.15) is 0 Å². The van der Waals surface area contributed by atoms with E-state index in [1.165, 1.54) is 0 Å². The van der Waals surface area contributed by atoms with Crippen molar-refractivity contribution in [3.05, 3.63) is 0 Å².